The van der Waals surface area contributed by atoms with Gasteiger partial charge < -0.3 is 9.32 Å². The highest BCUT2D eigenvalue weighted by atomic mass is 16.3. The van der Waals surface area contributed by atoms with Crippen LogP contribution in [0.3, 0.4) is 0 Å². The molecule has 0 aliphatic heterocycles. The van der Waals surface area contributed by atoms with Crippen molar-refractivity contribution in [3.63, 3.8) is 0 Å². The molecule has 57 heavy (non-hydrogen) atoms. The zero-order chi connectivity index (χ0) is 37.6. The molecule has 0 N–H and O–H groups in total. The number of hydrogen-bond acceptors (Lipinski definition) is 2. The third-order valence-corrected chi connectivity index (χ3v) is 12.0. The Morgan fingerprint density at radius 1 is 0.368 bits per heavy atom. The second-order valence-electron chi connectivity index (χ2n) is 15.3. The molecule has 0 saturated carbocycles. The molecule has 2 heteroatoms. The molecule has 0 radical (unpaired) electrons. The highest BCUT2D eigenvalue weighted by molar-refractivity contribution is 6.25. The van der Waals surface area contributed by atoms with E-state index in [1.165, 1.54) is 76.8 Å². The first-order valence-corrected chi connectivity index (χ1v) is 19.7. The molecule has 0 amide bonds. The quantitative estimate of drug-likeness (QED) is 0.164. The van der Waals surface area contributed by atoms with Crippen molar-refractivity contribution < 1.29 is 4.42 Å². The summed E-state index contributed by atoms with van der Waals surface area (Å²) in [6.07, 6.45) is 0. The fourth-order valence-corrected chi connectivity index (χ4v) is 9.44. The standard InChI is InChI=1S/C55H35NO/c1-34-25-28-44-41-21-13-14-24-51(41)57-55(44)54(34)56(39-19-9-4-10-20-39)40-27-26-37-30-45-46(31-38(37)29-40)48-33-50-49(32-47(45)48)52(35-15-5-2-6-16-35)42-22-11-12-23-43(42)53(50)36-17-7-3-8-18-36/h2-33H,1H3. The molecule has 0 unspecified atom stereocenters. The monoisotopic (exact) mass is 725 g/mol. The summed E-state index contributed by atoms with van der Waals surface area (Å²) in [7, 11) is 0. The minimum absolute atomic E-state index is 0.898. The van der Waals surface area contributed by atoms with Crippen LogP contribution in [0.15, 0.2) is 199 Å². The van der Waals surface area contributed by atoms with Crippen LogP contribution >= 0.6 is 0 Å². The minimum atomic E-state index is 0.898. The van der Waals surface area contributed by atoms with Gasteiger partial charge in [-0.1, -0.05) is 140 Å². The summed E-state index contributed by atoms with van der Waals surface area (Å²) in [6, 6.07) is 70.7. The van der Waals surface area contributed by atoms with Crippen molar-refractivity contribution in [2.75, 3.05) is 4.90 Å². The molecular weight excluding hydrogens is 691 g/mol. The summed E-state index contributed by atoms with van der Waals surface area (Å²) in [5, 5.41) is 9.79. The number of anilines is 3. The van der Waals surface area contributed by atoms with E-state index in [2.05, 4.69) is 200 Å². The Bertz CT molecular complexity index is 3400. The highest BCUT2D eigenvalue weighted by Gasteiger charge is 2.28. The van der Waals surface area contributed by atoms with Crippen molar-refractivity contribution in [3.05, 3.63) is 200 Å². The number of furan rings is 1. The molecule has 266 valence electrons. The number of fused-ring (bicyclic) bond motifs is 10. The molecule has 12 rings (SSSR count). The molecular formula is C55H35NO. The zero-order valence-electron chi connectivity index (χ0n) is 31.3. The summed E-state index contributed by atoms with van der Waals surface area (Å²) in [5.74, 6) is 0. The highest BCUT2D eigenvalue weighted by Crippen LogP contribution is 2.54. The van der Waals surface area contributed by atoms with E-state index in [1.54, 1.807) is 0 Å². The molecule has 0 spiro atoms. The van der Waals surface area contributed by atoms with Crippen molar-refractivity contribution in [3.8, 4) is 44.5 Å². The molecule has 1 aliphatic carbocycles. The number of rotatable bonds is 5. The van der Waals surface area contributed by atoms with Crippen molar-refractivity contribution in [2.24, 2.45) is 0 Å². The van der Waals surface area contributed by atoms with E-state index in [0.717, 1.165) is 44.6 Å². The van der Waals surface area contributed by atoms with E-state index in [4.69, 9.17) is 4.42 Å². The summed E-state index contributed by atoms with van der Waals surface area (Å²) in [5.41, 5.74) is 16.5. The summed E-state index contributed by atoms with van der Waals surface area (Å²) in [6.45, 7) is 2.18. The second-order valence-corrected chi connectivity index (χ2v) is 15.3. The molecule has 10 aromatic carbocycles. The van der Waals surface area contributed by atoms with Gasteiger partial charge in [-0.3, -0.25) is 0 Å². The molecule has 0 atom stereocenters. The summed E-state index contributed by atoms with van der Waals surface area (Å²) in [4.78, 5) is 2.36. The maximum atomic E-state index is 6.66. The number of aryl methyl sites for hydroxylation is 1. The van der Waals surface area contributed by atoms with Gasteiger partial charge in [0.25, 0.3) is 0 Å². The Morgan fingerprint density at radius 2 is 0.895 bits per heavy atom. The van der Waals surface area contributed by atoms with Crippen LogP contribution in [0.5, 0.6) is 0 Å². The Balaban J connectivity index is 1.07. The maximum absolute atomic E-state index is 6.66. The lowest BCUT2D eigenvalue weighted by molar-refractivity contribution is 0.668. The van der Waals surface area contributed by atoms with Crippen molar-refractivity contribution in [1.82, 2.24) is 0 Å². The Morgan fingerprint density at radius 3 is 1.53 bits per heavy atom. The van der Waals surface area contributed by atoms with E-state index in [-0.39, 0.29) is 0 Å². The van der Waals surface area contributed by atoms with Gasteiger partial charge in [-0.05, 0) is 144 Å². The maximum Gasteiger partial charge on any atom is 0.159 e. The van der Waals surface area contributed by atoms with Crippen LogP contribution in [0.25, 0.3) is 98.8 Å². The van der Waals surface area contributed by atoms with E-state index < -0.39 is 0 Å². The number of para-hydroxylation sites is 2. The number of benzene rings is 10. The predicted molar refractivity (Wildman–Crippen MR) is 241 cm³/mol. The lowest BCUT2D eigenvalue weighted by atomic mass is 9.75. The first kappa shape index (κ1) is 31.9. The average Bonchev–Trinajstić information content (AvgIpc) is 3.65. The van der Waals surface area contributed by atoms with Gasteiger partial charge in [-0.25, -0.2) is 0 Å². The summed E-state index contributed by atoms with van der Waals surface area (Å²) < 4.78 is 6.66. The SMILES string of the molecule is Cc1ccc2c(oc3ccccc32)c1N(c1ccccc1)c1ccc2cc3c(cc2c1)-c1cc2c(-c4ccccc4)c4ccccc4c(-c4ccccc4)c2cc1-3. The number of nitrogens with zero attached hydrogens (tertiary/aromatic N) is 1. The van der Waals surface area contributed by atoms with Crippen LogP contribution < -0.4 is 4.90 Å². The fraction of sp³-hybridized carbons (Fsp3) is 0.0182. The normalized spacial score (nSPS) is 11.9. The second kappa shape index (κ2) is 12.3. The van der Waals surface area contributed by atoms with Gasteiger partial charge in [0.05, 0.1) is 5.69 Å². The Kier molecular flexibility index (Phi) is 6.88. The van der Waals surface area contributed by atoms with Crippen molar-refractivity contribution in [1.29, 1.82) is 0 Å². The van der Waals surface area contributed by atoms with Crippen molar-refractivity contribution >= 4 is 71.3 Å². The fourth-order valence-electron chi connectivity index (χ4n) is 9.44. The zero-order valence-corrected chi connectivity index (χ0v) is 31.3. The van der Waals surface area contributed by atoms with Gasteiger partial charge in [0.1, 0.15) is 5.58 Å². The van der Waals surface area contributed by atoms with Gasteiger partial charge in [0, 0.05) is 22.1 Å². The first-order chi connectivity index (χ1) is 28.2. The number of hydrogen-bond donors (Lipinski definition) is 0. The smallest absolute Gasteiger partial charge is 0.159 e. The van der Waals surface area contributed by atoms with Crippen LogP contribution in [-0.2, 0) is 0 Å². The molecule has 0 saturated heterocycles. The van der Waals surface area contributed by atoms with Gasteiger partial charge >= 0.3 is 0 Å². The van der Waals surface area contributed by atoms with Crippen LogP contribution in [0.1, 0.15) is 5.56 Å². The predicted octanol–water partition coefficient (Wildman–Crippen LogP) is 15.8. The molecule has 11 aromatic rings. The van der Waals surface area contributed by atoms with Gasteiger partial charge in [0.2, 0.25) is 0 Å². The molecule has 1 heterocycles. The van der Waals surface area contributed by atoms with Crippen LogP contribution in [0.4, 0.5) is 17.1 Å². The minimum Gasteiger partial charge on any atom is -0.454 e. The Hall–Kier alpha value is -7.42. The van der Waals surface area contributed by atoms with E-state index in [9.17, 15) is 0 Å². The third-order valence-electron chi connectivity index (χ3n) is 12.0. The van der Waals surface area contributed by atoms with Gasteiger partial charge in [0.15, 0.2) is 5.58 Å². The average molecular weight is 726 g/mol. The third kappa shape index (κ3) is 4.77. The van der Waals surface area contributed by atoms with Crippen molar-refractivity contribution in [2.45, 2.75) is 6.92 Å². The van der Waals surface area contributed by atoms with E-state index in [1.807, 2.05) is 6.07 Å². The molecule has 1 aliphatic rings. The van der Waals surface area contributed by atoms with Crippen LogP contribution in [-0.4, -0.2) is 0 Å². The molecule has 2 nitrogen and oxygen atoms in total. The van der Waals surface area contributed by atoms with Crippen LogP contribution in [0, 0.1) is 6.92 Å². The first-order valence-electron chi connectivity index (χ1n) is 19.7. The van der Waals surface area contributed by atoms with E-state index in [0.29, 0.717) is 0 Å². The topological polar surface area (TPSA) is 16.4 Å². The Labute approximate surface area is 330 Å². The molecule has 0 fully saturated rings. The largest absolute Gasteiger partial charge is 0.454 e. The molecule has 0 bridgehead atoms. The van der Waals surface area contributed by atoms with E-state index >= 15 is 0 Å². The lowest BCUT2D eigenvalue weighted by Gasteiger charge is -2.29. The van der Waals surface area contributed by atoms with Gasteiger partial charge in [-0.2, -0.15) is 0 Å². The molecule has 1 aromatic heterocycles. The van der Waals surface area contributed by atoms with Gasteiger partial charge in [-0.15, -0.1) is 0 Å². The lowest BCUT2D eigenvalue weighted by Crippen LogP contribution is -2.11. The van der Waals surface area contributed by atoms with Crippen LogP contribution in [0.2, 0.25) is 0 Å². The summed E-state index contributed by atoms with van der Waals surface area (Å²) >= 11 is 0.